The molecule has 2 aliphatic rings. The molecule has 5 nitrogen and oxygen atoms in total. The van der Waals surface area contributed by atoms with Gasteiger partial charge in [-0.05, 0) is 86.1 Å². The Labute approximate surface area is 207 Å². The quantitative estimate of drug-likeness (QED) is 0.411. The topological polar surface area (TPSA) is 45.8 Å². The van der Waals surface area contributed by atoms with Gasteiger partial charge in [0.25, 0.3) is 0 Å². The Kier molecular flexibility index (Phi) is 8.48. The number of hydrogen-bond donors (Lipinski definition) is 2. The van der Waals surface area contributed by atoms with Crippen molar-refractivity contribution in [3.8, 4) is 16.2 Å². The first kappa shape index (κ1) is 23.8. The first-order valence-corrected chi connectivity index (χ1v) is 13.6. The summed E-state index contributed by atoms with van der Waals surface area (Å²) in [4.78, 5) is 3.79. The predicted molar refractivity (Wildman–Crippen MR) is 142 cm³/mol. The van der Waals surface area contributed by atoms with Crippen molar-refractivity contribution in [1.29, 1.82) is 0 Å². The molecule has 0 bridgehead atoms. The van der Waals surface area contributed by atoms with Crippen LogP contribution >= 0.6 is 11.3 Å². The molecule has 34 heavy (non-hydrogen) atoms. The van der Waals surface area contributed by atoms with Crippen LogP contribution in [0.2, 0.25) is 0 Å². The van der Waals surface area contributed by atoms with E-state index >= 15 is 0 Å². The lowest BCUT2D eigenvalue weighted by molar-refractivity contribution is 0.0358. The minimum absolute atomic E-state index is 0.751. The fourth-order valence-electron chi connectivity index (χ4n) is 4.93. The zero-order valence-electron chi connectivity index (χ0n) is 20.1. The largest absolute Gasteiger partial charge is 0.493 e. The Morgan fingerprint density at radius 1 is 1.06 bits per heavy atom. The summed E-state index contributed by atoms with van der Waals surface area (Å²) in [6.45, 7) is 9.82. The third kappa shape index (κ3) is 6.37. The second kappa shape index (κ2) is 12.1. The van der Waals surface area contributed by atoms with Gasteiger partial charge in [0.05, 0.1) is 19.8 Å². The van der Waals surface area contributed by atoms with Crippen LogP contribution < -0.4 is 15.4 Å². The molecule has 0 atom stereocenters. The highest BCUT2D eigenvalue weighted by Crippen LogP contribution is 2.35. The van der Waals surface area contributed by atoms with Crippen LogP contribution in [0.15, 0.2) is 48.5 Å². The van der Waals surface area contributed by atoms with Gasteiger partial charge >= 0.3 is 0 Å². The van der Waals surface area contributed by atoms with Gasteiger partial charge in [-0.3, -0.25) is 4.90 Å². The van der Waals surface area contributed by atoms with Crippen molar-refractivity contribution >= 4 is 21.4 Å². The Morgan fingerprint density at radius 2 is 1.91 bits per heavy atom. The Bertz CT molecular complexity index is 1010. The summed E-state index contributed by atoms with van der Waals surface area (Å²) in [7, 11) is 0. The van der Waals surface area contributed by atoms with Crippen LogP contribution in [0, 0.1) is 5.92 Å². The van der Waals surface area contributed by atoms with Crippen LogP contribution in [0.5, 0.6) is 5.75 Å². The van der Waals surface area contributed by atoms with Gasteiger partial charge < -0.3 is 20.1 Å². The maximum atomic E-state index is 6.32. The van der Waals surface area contributed by atoms with Crippen molar-refractivity contribution in [2.45, 2.75) is 25.8 Å². The highest BCUT2D eigenvalue weighted by molar-refractivity contribution is 7.22. The van der Waals surface area contributed by atoms with E-state index in [4.69, 9.17) is 9.47 Å². The molecule has 3 aromatic rings. The van der Waals surface area contributed by atoms with Gasteiger partial charge in [0, 0.05) is 41.3 Å². The molecular weight excluding hydrogens is 442 g/mol. The molecule has 0 radical (unpaired) electrons. The Morgan fingerprint density at radius 3 is 2.76 bits per heavy atom. The van der Waals surface area contributed by atoms with E-state index in [1.807, 2.05) is 11.3 Å². The zero-order chi connectivity index (χ0) is 23.0. The standard InChI is InChI=1S/C28H37N3O2S/c1-2-5-27-23(4-1)19-28(34-27)24-6-7-26(33-15-3-12-31-13-16-32-17-14-31)25(18-24)21-30-20-22-8-10-29-11-9-22/h1-2,4-7,18-19,22,29-30H,3,8-17,20-21H2. The average molecular weight is 480 g/mol. The van der Waals surface area contributed by atoms with Crippen LogP contribution in [0.3, 0.4) is 0 Å². The molecule has 0 amide bonds. The van der Waals surface area contributed by atoms with Crippen molar-refractivity contribution in [1.82, 2.24) is 15.5 Å². The number of hydrogen-bond acceptors (Lipinski definition) is 6. The van der Waals surface area contributed by atoms with E-state index in [9.17, 15) is 0 Å². The molecule has 2 aromatic carbocycles. The average Bonchev–Trinajstić information content (AvgIpc) is 3.33. The first-order chi connectivity index (χ1) is 16.8. The Balaban J connectivity index is 1.25. The lowest BCUT2D eigenvalue weighted by atomic mass is 9.98. The number of nitrogens with zero attached hydrogens (tertiary/aromatic N) is 1. The van der Waals surface area contributed by atoms with E-state index in [1.54, 1.807) is 0 Å². The van der Waals surface area contributed by atoms with Gasteiger partial charge in [-0.25, -0.2) is 0 Å². The minimum atomic E-state index is 0.751. The normalized spacial score (nSPS) is 17.9. The molecule has 2 N–H and O–H groups in total. The molecule has 1 aromatic heterocycles. The molecule has 0 saturated carbocycles. The number of nitrogens with one attached hydrogen (secondary N) is 2. The number of thiophene rings is 1. The summed E-state index contributed by atoms with van der Waals surface area (Å²) in [6.07, 6.45) is 3.57. The lowest BCUT2D eigenvalue weighted by Gasteiger charge is -2.26. The second-order valence-electron chi connectivity index (χ2n) is 9.45. The van der Waals surface area contributed by atoms with Crippen molar-refractivity contribution < 1.29 is 9.47 Å². The number of piperidine rings is 1. The molecule has 5 rings (SSSR count). The second-order valence-corrected chi connectivity index (χ2v) is 10.5. The van der Waals surface area contributed by atoms with Crippen LogP contribution in [-0.2, 0) is 11.3 Å². The van der Waals surface area contributed by atoms with E-state index in [0.717, 1.165) is 83.7 Å². The number of fused-ring (bicyclic) bond motifs is 1. The van der Waals surface area contributed by atoms with Crippen LogP contribution in [-0.4, -0.2) is 64.0 Å². The third-order valence-electron chi connectivity index (χ3n) is 6.96. The van der Waals surface area contributed by atoms with E-state index in [1.165, 1.54) is 38.9 Å². The SMILES string of the molecule is c1ccc2sc(-c3ccc(OCCCN4CCOCC4)c(CNCC4CCNCC4)c3)cc2c1. The Hall–Kier alpha value is -1.96. The summed E-state index contributed by atoms with van der Waals surface area (Å²) in [5.41, 5.74) is 2.54. The number of benzene rings is 2. The van der Waals surface area contributed by atoms with Gasteiger partial charge in [-0.2, -0.15) is 0 Å². The van der Waals surface area contributed by atoms with Crippen molar-refractivity contribution in [3.05, 3.63) is 54.1 Å². The van der Waals surface area contributed by atoms with Crippen molar-refractivity contribution in [2.24, 2.45) is 5.92 Å². The van der Waals surface area contributed by atoms with Gasteiger partial charge in [-0.15, -0.1) is 11.3 Å². The van der Waals surface area contributed by atoms with E-state index in [2.05, 4.69) is 64.1 Å². The molecule has 0 spiro atoms. The molecule has 2 aliphatic heterocycles. The van der Waals surface area contributed by atoms with E-state index in [-0.39, 0.29) is 0 Å². The van der Waals surface area contributed by atoms with Crippen molar-refractivity contribution in [2.75, 3.05) is 59.1 Å². The maximum Gasteiger partial charge on any atom is 0.123 e. The van der Waals surface area contributed by atoms with Crippen LogP contribution in [0.1, 0.15) is 24.8 Å². The summed E-state index contributed by atoms with van der Waals surface area (Å²) < 4.78 is 13.1. The van der Waals surface area contributed by atoms with Gasteiger partial charge in [0.15, 0.2) is 0 Å². The number of ether oxygens (including phenoxy) is 2. The van der Waals surface area contributed by atoms with E-state index in [0.29, 0.717) is 0 Å². The molecule has 0 unspecified atom stereocenters. The number of morpholine rings is 1. The van der Waals surface area contributed by atoms with E-state index < -0.39 is 0 Å². The molecule has 6 heteroatoms. The molecule has 3 heterocycles. The fourth-order valence-corrected chi connectivity index (χ4v) is 5.99. The fraction of sp³-hybridized carbons (Fsp3) is 0.500. The molecular formula is C28H37N3O2S. The summed E-state index contributed by atoms with van der Waals surface area (Å²) in [5, 5.41) is 8.51. The van der Waals surface area contributed by atoms with Crippen LogP contribution in [0.4, 0.5) is 0 Å². The monoisotopic (exact) mass is 479 g/mol. The molecule has 2 saturated heterocycles. The van der Waals surface area contributed by atoms with Gasteiger partial charge in [0.2, 0.25) is 0 Å². The first-order valence-electron chi connectivity index (χ1n) is 12.8. The van der Waals surface area contributed by atoms with Crippen molar-refractivity contribution in [3.63, 3.8) is 0 Å². The van der Waals surface area contributed by atoms with Crippen LogP contribution in [0.25, 0.3) is 20.5 Å². The third-order valence-corrected chi connectivity index (χ3v) is 8.12. The van der Waals surface area contributed by atoms with Gasteiger partial charge in [0.1, 0.15) is 5.75 Å². The predicted octanol–water partition coefficient (Wildman–Crippen LogP) is 4.76. The van der Waals surface area contributed by atoms with Gasteiger partial charge in [-0.1, -0.05) is 18.2 Å². The lowest BCUT2D eigenvalue weighted by Crippen LogP contribution is -2.37. The highest BCUT2D eigenvalue weighted by Gasteiger charge is 2.14. The molecule has 182 valence electrons. The summed E-state index contributed by atoms with van der Waals surface area (Å²) in [5.74, 6) is 1.79. The number of rotatable bonds is 10. The summed E-state index contributed by atoms with van der Waals surface area (Å²) in [6, 6.07) is 17.7. The zero-order valence-corrected chi connectivity index (χ0v) is 20.9. The smallest absolute Gasteiger partial charge is 0.123 e. The highest BCUT2D eigenvalue weighted by atomic mass is 32.1. The summed E-state index contributed by atoms with van der Waals surface area (Å²) >= 11 is 1.86. The molecule has 2 fully saturated rings. The maximum absolute atomic E-state index is 6.32. The minimum Gasteiger partial charge on any atom is -0.493 e. The molecule has 0 aliphatic carbocycles.